The molecule has 2 amide bonds. The van der Waals surface area contributed by atoms with Gasteiger partial charge in [0.1, 0.15) is 11.5 Å². The van der Waals surface area contributed by atoms with Crippen molar-refractivity contribution in [3.8, 4) is 11.5 Å². The Morgan fingerprint density at radius 2 is 1.70 bits per heavy atom. The van der Waals surface area contributed by atoms with Crippen LogP contribution in [-0.2, 0) is 9.59 Å². The summed E-state index contributed by atoms with van der Waals surface area (Å²) in [5.41, 5.74) is 0.299. The molecule has 1 aromatic carbocycles. The van der Waals surface area contributed by atoms with E-state index in [2.05, 4.69) is 21.0 Å². The Labute approximate surface area is 140 Å². The van der Waals surface area contributed by atoms with Gasteiger partial charge in [-0.3, -0.25) is 9.59 Å². The first kappa shape index (κ1) is 14.4. The molecule has 2 aliphatic carbocycles. The molecule has 23 heavy (non-hydrogen) atoms. The molecule has 6 nitrogen and oxygen atoms in total. The Morgan fingerprint density at radius 1 is 1.09 bits per heavy atom. The molecule has 0 radical (unpaired) electrons. The van der Waals surface area contributed by atoms with E-state index in [1.165, 1.54) is 12.3 Å². The zero-order chi connectivity index (χ0) is 16.3. The highest BCUT2D eigenvalue weighted by Crippen LogP contribution is 2.52. The summed E-state index contributed by atoms with van der Waals surface area (Å²) in [4.78, 5) is 24.9. The maximum Gasteiger partial charge on any atom is 0.254 e. The molecule has 4 atom stereocenters. The minimum atomic E-state index is -0.296. The quantitative estimate of drug-likeness (QED) is 0.469. The summed E-state index contributed by atoms with van der Waals surface area (Å²) in [5, 5.41) is 24.2. The molecule has 0 unspecified atom stereocenters. The van der Waals surface area contributed by atoms with Crippen LogP contribution in [0.5, 0.6) is 11.5 Å². The first-order valence-electron chi connectivity index (χ1n) is 7.29. The van der Waals surface area contributed by atoms with Gasteiger partial charge in [0, 0.05) is 11.6 Å². The smallest absolute Gasteiger partial charge is 0.254 e. The lowest BCUT2D eigenvalue weighted by Gasteiger charge is -2.13. The summed E-state index contributed by atoms with van der Waals surface area (Å²) in [6, 6.07) is 2.63. The van der Waals surface area contributed by atoms with E-state index < -0.39 is 0 Å². The number of hydrogen-bond donors (Lipinski definition) is 2. The molecule has 0 aromatic heterocycles. The lowest BCUT2D eigenvalue weighted by Crippen LogP contribution is -2.28. The number of hydrazone groups is 1. The van der Waals surface area contributed by atoms with Gasteiger partial charge in [-0.05, 0) is 40.3 Å². The van der Waals surface area contributed by atoms with Crippen LogP contribution >= 0.6 is 15.9 Å². The average Bonchev–Trinajstić information content (AvgIpc) is 3.17. The van der Waals surface area contributed by atoms with Gasteiger partial charge in [0.2, 0.25) is 0 Å². The summed E-state index contributed by atoms with van der Waals surface area (Å²) in [6.45, 7) is 0. The standard InChI is InChI=1S/C16H13BrN2O4/c17-10-4-9(11(20)5-12(10)21)6-18-19-15(22)13-7-1-2-8(3-7)14(13)16(19)23/h1-2,4-8,13-14,20-21H,3H2/b18-6-/t7-,8+,13-,14-/m0/s1. The molecule has 4 rings (SSSR count). The number of aromatic hydroxyl groups is 2. The van der Waals surface area contributed by atoms with Gasteiger partial charge >= 0.3 is 0 Å². The van der Waals surface area contributed by atoms with Gasteiger partial charge in [0.05, 0.1) is 22.5 Å². The van der Waals surface area contributed by atoms with Gasteiger partial charge < -0.3 is 10.2 Å². The molecule has 1 saturated carbocycles. The SMILES string of the molecule is O=C1[C@@H]2[C@@H](C(=O)N1/N=C\c1cc(Br)c(O)cc1O)[C@H]1C=C[C@@H]2C1. The fourth-order valence-electron chi connectivity index (χ4n) is 3.79. The number of allylic oxidation sites excluding steroid dienone is 2. The first-order valence-corrected chi connectivity index (χ1v) is 8.08. The molecule has 2 fully saturated rings. The average molecular weight is 377 g/mol. The van der Waals surface area contributed by atoms with E-state index in [1.807, 2.05) is 12.2 Å². The maximum atomic E-state index is 12.5. The number of benzene rings is 1. The van der Waals surface area contributed by atoms with E-state index in [9.17, 15) is 19.8 Å². The summed E-state index contributed by atoms with van der Waals surface area (Å²) < 4.78 is 0.384. The highest BCUT2D eigenvalue weighted by molar-refractivity contribution is 9.10. The van der Waals surface area contributed by atoms with E-state index in [0.717, 1.165) is 17.5 Å². The van der Waals surface area contributed by atoms with Crippen LogP contribution in [0.2, 0.25) is 0 Å². The van der Waals surface area contributed by atoms with Gasteiger partial charge in [-0.15, -0.1) is 0 Å². The number of amides is 2. The van der Waals surface area contributed by atoms with Crippen molar-refractivity contribution in [3.05, 3.63) is 34.3 Å². The van der Waals surface area contributed by atoms with Crippen molar-refractivity contribution >= 4 is 34.0 Å². The van der Waals surface area contributed by atoms with Crippen LogP contribution in [0.25, 0.3) is 0 Å². The van der Waals surface area contributed by atoms with E-state index in [-0.39, 0.29) is 47.0 Å². The van der Waals surface area contributed by atoms with Gasteiger partial charge in [-0.1, -0.05) is 12.2 Å². The number of phenols is 2. The number of halogens is 1. The van der Waals surface area contributed by atoms with E-state index >= 15 is 0 Å². The Bertz CT molecular complexity index is 759. The van der Waals surface area contributed by atoms with Gasteiger partial charge in [-0.2, -0.15) is 10.1 Å². The summed E-state index contributed by atoms with van der Waals surface area (Å²) >= 11 is 3.14. The molecule has 3 aliphatic rings. The minimum Gasteiger partial charge on any atom is -0.507 e. The van der Waals surface area contributed by atoms with Crippen LogP contribution in [0.15, 0.2) is 33.9 Å². The number of carbonyl (C=O) groups excluding carboxylic acids is 2. The van der Waals surface area contributed by atoms with Gasteiger partial charge in [0.25, 0.3) is 11.8 Å². The second-order valence-corrected chi connectivity index (χ2v) is 6.95. The third-order valence-corrected chi connectivity index (χ3v) is 5.49. The number of rotatable bonds is 2. The molecule has 118 valence electrons. The second kappa shape index (κ2) is 4.92. The van der Waals surface area contributed by atoms with Crippen LogP contribution in [0, 0.1) is 23.7 Å². The van der Waals surface area contributed by atoms with Gasteiger partial charge in [-0.25, -0.2) is 0 Å². The van der Waals surface area contributed by atoms with Crippen LogP contribution < -0.4 is 0 Å². The number of phenolic OH excluding ortho intramolecular Hbond substituents is 2. The summed E-state index contributed by atoms with van der Waals surface area (Å²) in [5.74, 6) is -1.16. The molecule has 1 aromatic rings. The van der Waals surface area contributed by atoms with E-state index in [1.54, 1.807) is 0 Å². The van der Waals surface area contributed by atoms with Crippen LogP contribution in [-0.4, -0.2) is 33.3 Å². The lowest BCUT2D eigenvalue weighted by molar-refractivity contribution is -0.140. The molecule has 2 bridgehead atoms. The van der Waals surface area contributed by atoms with Crippen molar-refractivity contribution in [3.63, 3.8) is 0 Å². The molecule has 1 heterocycles. The van der Waals surface area contributed by atoms with Crippen molar-refractivity contribution in [2.45, 2.75) is 6.42 Å². The normalized spacial score (nSPS) is 31.6. The number of nitrogens with zero attached hydrogens (tertiary/aromatic N) is 2. The fraction of sp³-hybridized carbons (Fsp3) is 0.312. The maximum absolute atomic E-state index is 12.5. The molecule has 7 heteroatoms. The summed E-state index contributed by atoms with van der Waals surface area (Å²) in [6.07, 6.45) is 6.17. The van der Waals surface area contributed by atoms with Gasteiger partial charge in [0.15, 0.2) is 0 Å². The molecule has 1 aliphatic heterocycles. The Kier molecular flexibility index (Phi) is 3.09. The zero-order valence-electron chi connectivity index (χ0n) is 11.9. The van der Waals surface area contributed by atoms with Crippen molar-refractivity contribution in [2.24, 2.45) is 28.8 Å². The molecule has 1 saturated heterocycles. The number of imide groups is 1. The van der Waals surface area contributed by atoms with Crippen LogP contribution in [0.1, 0.15) is 12.0 Å². The Balaban J connectivity index is 1.62. The fourth-order valence-corrected chi connectivity index (χ4v) is 4.15. The number of carbonyl (C=O) groups is 2. The largest absolute Gasteiger partial charge is 0.507 e. The molecular formula is C16H13BrN2O4. The molecule has 2 N–H and O–H groups in total. The summed E-state index contributed by atoms with van der Waals surface area (Å²) in [7, 11) is 0. The molecule has 0 spiro atoms. The lowest BCUT2D eigenvalue weighted by atomic mass is 9.85. The third-order valence-electron chi connectivity index (χ3n) is 4.86. The minimum absolute atomic E-state index is 0.106. The zero-order valence-corrected chi connectivity index (χ0v) is 13.5. The van der Waals surface area contributed by atoms with Crippen molar-refractivity contribution in [2.75, 3.05) is 0 Å². The van der Waals surface area contributed by atoms with Crippen molar-refractivity contribution in [1.82, 2.24) is 5.01 Å². The van der Waals surface area contributed by atoms with Crippen LogP contribution in [0.4, 0.5) is 0 Å². The first-order chi connectivity index (χ1) is 11.0. The van der Waals surface area contributed by atoms with E-state index in [0.29, 0.717) is 10.0 Å². The monoisotopic (exact) mass is 376 g/mol. The number of fused-ring (bicyclic) bond motifs is 5. The Hall–Kier alpha value is -2.15. The number of hydrogen-bond acceptors (Lipinski definition) is 5. The third kappa shape index (κ3) is 2.03. The highest BCUT2D eigenvalue weighted by atomic mass is 79.9. The predicted octanol–water partition coefficient (Wildman–Crippen LogP) is 2.00. The highest BCUT2D eigenvalue weighted by Gasteiger charge is 2.59. The topological polar surface area (TPSA) is 90.2 Å². The second-order valence-electron chi connectivity index (χ2n) is 6.10. The predicted molar refractivity (Wildman–Crippen MR) is 84.6 cm³/mol. The van der Waals surface area contributed by atoms with Crippen molar-refractivity contribution in [1.29, 1.82) is 0 Å². The van der Waals surface area contributed by atoms with Crippen LogP contribution in [0.3, 0.4) is 0 Å². The Morgan fingerprint density at radius 3 is 2.30 bits per heavy atom. The molecular weight excluding hydrogens is 364 g/mol. The van der Waals surface area contributed by atoms with E-state index in [4.69, 9.17) is 0 Å². The van der Waals surface area contributed by atoms with Crippen molar-refractivity contribution < 1.29 is 19.8 Å².